The molecule has 0 unspecified atom stereocenters. The fourth-order valence-electron chi connectivity index (χ4n) is 2.68. The van der Waals surface area contributed by atoms with Gasteiger partial charge in [0.15, 0.2) is 0 Å². The molecule has 0 aliphatic carbocycles. The van der Waals surface area contributed by atoms with E-state index in [1.54, 1.807) is 0 Å². The molecule has 0 aromatic heterocycles. The van der Waals surface area contributed by atoms with E-state index >= 15 is 0 Å². The summed E-state index contributed by atoms with van der Waals surface area (Å²) in [6.07, 6.45) is 3.39. The Morgan fingerprint density at radius 1 is 0.909 bits per heavy atom. The molecule has 3 heteroatoms. The van der Waals surface area contributed by atoms with E-state index in [4.69, 9.17) is 0 Å². The smallest absolute Gasteiger partial charge is 0.0361 e. The first kappa shape index (κ1) is 21.9. The van der Waals surface area contributed by atoms with Gasteiger partial charge in [0.2, 0.25) is 0 Å². The Balaban J connectivity index is 0.00000441. The van der Waals surface area contributed by atoms with Crippen LogP contribution in [0.3, 0.4) is 0 Å². The van der Waals surface area contributed by atoms with Crippen molar-refractivity contribution in [2.45, 2.75) is 58.3 Å². The molecule has 0 spiro atoms. The van der Waals surface area contributed by atoms with Gasteiger partial charge < -0.3 is 4.90 Å². The Labute approximate surface area is 153 Å². The topological polar surface area (TPSA) is 3.24 Å². The minimum atomic E-state index is -0.144. The molecule has 0 saturated heterocycles. The molecule has 1 aromatic rings. The second-order valence-electron chi connectivity index (χ2n) is 7.86. The summed E-state index contributed by atoms with van der Waals surface area (Å²) >= 11 is 0. The van der Waals surface area contributed by atoms with Crippen molar-refractivity contribution < 1.29 is 20.4 Å². The first-order chi connectivity index (χ1) is 9.51. The zero-order valence-corrected chi connectivity index (χ0v) is 17.8. The molecule has 0 aliphatic rings. The van der Waals surface area contributed by atoms with Crippen LogP contribution in [0.1, 0.15) is 47.1 Å². The van der Waals surface area contributed by atoms with Gasteiger partial charge in [0.1, 0.15) is 0 Å². The average Bonchev–Trinajstić information content (AvgIpc) is 2.32. The number of allylic oxidation sites excluding steroid dienone is 1. The summed E-state index contributed by atoms with van der Waals surface area (Å²) in [6, 6.07) is 8.85. The number of hydrogen-bond donors (Lipinski definition) is 0. The molecular weight excluding hydrogens is 380 g/mol. The minimum Gasteiger partial charge on any atom is -0.378 e. The second kappa shape index (κ2) is 8.63. The summed E-state index contributed by atoms with van der Waals surface area (Å²) in [5.41, 5.74) is 2.64. The van der Waals surface area contributed by atoms with Crippen molar-refractivity contribution >= 4 is 13.6 Å². The third-order valence-electron chi connectivity index (χ3n) is 3.51. The predicted molar refractivity (Wildman–Crippen MR) is 100 cm³/mol. The van der Waals surface area contributed by atoms with Gasteiger partial charge in [-0.1, -0.05) is 73.5 Å². The van der Waals surface area contributed by atoms with Gasteiger partial charge in [0.25, 0.3) is 0 Å². The van der Waals surface area contributed by atoms with Gasteiger partial charge in [0.05, 0.1) is 0 Å². The Hall–Kier alpha value is -0.148. The zero-order chi connectivity index (χ0) is 16.3. The predicted octanol–water partition coefficient (Wildman–Crippen LogP) is 5.89. The molecule has 0 radical (unpaired) electrons. The quantitative estimate of drug-likeness (QED) is 0.441. The molecule has 0 saturated carbocycles. The van der Waals surface area contributed by atoms with Crippen molar-refractivity contribution in [1.29, 1.82) is 0 Å². The summed E-state index contributed by atoms with van der Waals surface area (Å²) in [4.78, 5) is 2.14. The largest absolute Gasteiger partial charge is 0.378 e. The van der Waals surface area contributed by atoms with Crippen LogP contribution in [-0.2, 0) is 26.8 Å². The van der Waals surface area contributed by atoms with Crippen LogP contribution in [-0.4, -0.2) is 24.4 Å². The number of anilines is 1. The summed E-state index contributed by atoms with van der Waals surface area (Å²) < 4.78 is 0. The fraction of sp³-hybridized carbons (Fsp3) is 0.579. The average molecular weight is 412 g/mol. The van der Waals surface area contributed by atoms with Gasteiger partial charge in [-0.25, -0.2) is 0 Å². The Morgan fingerprint density at radius 2 is 1.36 bits per heavy atom. The van der Waals surface area contributed by atoms with Crippen molar-refractivity contribution in [2.75, 3.05) is 19.0 Å². The molecule has 1 nitrogen and oxygen atoms in total. The molecule has 0 heterocycles. The third kappa shape index (κ3) is 6.95. The molecule has 0 amide bonds. The van der Waals surface area contributed by atoms with Crippen molar-refractivity contribution in [1.82, 2.24) is 0 Å². The van der Waals surface area contributed by atoms with E-state index < -0.39 is 0 Å². The normalized spacial score (nSPS) is 12.6. The van der Waals surface area contributed by atoms with Crippen LogP contribution >= 0.6 is 7.92 Å². The van der Waals surface area contributed by atoms with Gasteiger partial charge in [-0.2, -0.15) is 0 Å². The van der Waals surface area contributed by atoms with E-state index in [9.17, 15) is 0 Å². The second-order valence-corrected chi connectivity index (χ2v) is 11.6. The maximum atomic E-state index is 2.48. The van der Waals surface area contributed by atoms with Gasteiger partial charge in [0, 0.05) is 40.2 Å². The number of benzene rings is 1. The van der Waals surface area contributed by atoms with Crippen LogP contribution < -0.4 is 4.90 Å². The molecule has 0 N–H and O–H groups in total. The van der Waals surface area contributed by atoms with Gasteiger partial charge in [-0.05, 0) is 34.4 Å². The molecule has 1 rings (SSSR count). The number of hydrogen-bond acceptors (Lipinski definition) is 1. The van der Waals surface area contributed by atoms with Crippen LogP contribution in [0.5, 0.6) is 0 Å². The Kier molecular flexibility index (Phi) is 8.58. The summed E-state index contributed by atoms with van der Waals surface area (Å²) in [7, 11) is 4.01. The zero-order valence-electron chi connectivity index (χ0n) is 15.4. The van der Waals surface area contributed by atoms with E-state index in [1.165, 1.54) is 11.3 Å². The molecule has 128 valence electrons. The third-order valence-corrected chi connectivity index (χ3v) is 6.91. The minimum absolute atomic E-state index is 0. The van der Waals surface area contributed by atoms with E-state index in [2.05, 4.69) is 96.7 Å². The van der Waals surface area contributed by atoms with E-state index in [0.29, 0.717) is 10.3 Å². The SMILES string of the molecule is CN(C)c1ccc(CC=CP(C(C)(C)C)C(C)(C)C)cc1.[Pd]. The maximum Gasteiger partial charge on any atom is 0.0361 e. The molecule has 0 atom stereocenters. The Morgan fingerprint density at radius 3 is 1.73 bits per heavy atom. The number of rotatable bonds is 4. The van der Waals surface area contributed by atoms with Crippen LogP contribution in [0.2, 0.25) is 0 Å². The van der Waals surface area contributed by atoms with Crippen molar-refractivity contribution in [3.63, 3.8) is 0 Å². The van der Waals surface area contributed by atoms with Gasteiger partial charge >= 0.3 is 0 Å². The first-order valence-electron chi connectivity index (χ1n) is 7.74. The standard InChI is InChI=1S/C19H32NP.Pd/c1-18(2,3)21(19(4,5)6)15-9-10-16-11-13-17(14-12-16)20(7)8;/h9,11-15H,10H2,1-8H3;. The molecule has 22 heavy (non-hydrogen) atoms. The van der Waals surface area contributed by atoms with Gasteiger partial charge in [-0.3, -0.25) is 0 Å². The number of nitrogens with zero attached hydrogens (tertiary/aromatic N) is 1. The monoisotopic (exact) mass is 411 g/mol. The maximum absolute atomic E-state index is 2.48. The van der Waals surface area contributed by atoms with Crippen molar-refractivity contribution in [3.8, 4) is 0 Å². The van der Waals surface area contributed by atoms with E-state index in [0.717, 1.165) is 6.42 Å². The Bertz CT molecular complexity index is 450. The molecular formula is C19H32NPPd. The molecule has 0 bridgehead atoms. The summed E-state index contributed by atoms with van der Waals surface area (Å²) in [5, 5.41) is 0.720. The van der Waals surface area contributed by atoms with Crippen molar-refractivity contribution in [2.24, 2.45) is 0 Å². The summed E-state index contributed by atoms with van der Waals surface area (Å²) in [5.74, 6) is 2.48. The van der Waals surface area contributed by atoms with Gasteiger partial charge in [-0.15, -0.1) is 0 Å². The van der Waals surface area contributed by atoms with Crippen LogP contribution in [0, 0.1) is 0 Å². The van der Waals surface area contributed by atoms with Crippen LogP contribution in [0.25, 0.3) is 0 Å². The van der Waals surface area contributed by atoms with Crippen LogP contribution in [0.4, 0.5) is 5.69 Å². The summed E-state index contributed by atoms with van der Waals surface area (Å²) in [6.45, 7) is 14.2. The van der Waals surface area contributed by atoms with E-state index in [-0.39, 0.29) is 28.3 Å². The molecule has 1 aromatic carbocycles. The van der Waals surface area contributed by atoms with E-state index in [1.807, 2.05) is 0 Å². The van der Waals surface area contributed by atoms with Crippen LogP contribution in [0.15, 0.2) is 36.2 Å². The first-order valence-corrected chi connectivity index (χ1v) is 9.15. The molecule has 0 fully saturated rings. The fourth-order valence-corrected chi connectivity index (χ4v) is 5.90. The van der Waals surface area contributed by atoms with Crippen molar-refractivity contribution in [3.05, 3.63) is 41.7 Å². The molecule has 0 aliphatic heterocycles.